The molecular weight excluding hydrogens is 228 g/mol. The van der Waals surface area contributed by atoms with Gasteiger partial charge in [-0.2, -0.15) is 0 Å². The first-order valence-corrected chi connectivity index (χ1v) is 5.89. The molecule has 0 amide bonds. The van der Waals surface area contributed by atoms with Crippen LogP contribution in [0.25, 0.3) is 0 Å². The van der Waals surface area contributed by atoms with E-state index in [0.717, 1.165) is 17.9 Å². The van der Waals surface area contributed by atoms with Crippen LogP contribution >= 0.6 is 0 Å². The average molecular weight is 252 g/mol. The van der Waals surface area contributed by atoms with Gasteiger partial charge in [-0.15, -0.1) is 5.10 Å². The van der Waals surface area contributed by atoms with Crippen molar-refractivity contribution in [2.24, 2.45) is 12.8 Å². The summed E-state index contributed by atoms with van der Waals surface area (Å²) in [5.41, 5.74) is 7.59. The normalized spacial score (nSPS) is 10.4. The Morgan fingerprint density at radius 2 is 2.06 bits per heavy atom. The second-order valence-electron chi connectivity index (χ2n) is 4.09. The topological polar surface area (TPSA) is 66.0 Å². The summed E-state index contributed by atoms with van der Waals surface area (Å²) in [5.74, 6) is 0.984. The smallest absolute Gasteiger partial charge is 0.0887 e. The van der Waals surface area contributed by atoms with Gasteiger partial charge in [-0.3, -0.25) is 4.68 Å². The van der Waals surface area contributed by atoms with Crippen molar-refractivity contribution in [2.75, 3.05) is 7.11 Å². The van der Waals surface area contributed by atoms with E-state index in [2.05, 4.69) is 36.3 Å². The van der Waals surface area contributed by atoms with Gasteiger partial charge >= 0.3 is 0 Å². The number of ether oxygens (including phenoxy) is 1. The molecule has 1 aromatic rings. The van der Waals surface area contributed by atoms with E-state index in [1.165, 1.54) is 5.57 Å². The van der Waals surface area contributed by atoms with Crippen LogP contribution in [0.5, 0.6) is 0 Å². The third kappa shape index (κ3) is 7.62. The lowest BCUT2D eigenvalue weighted by atomic mass is 10.2. The molecule has 0 fully saturated rings. The van der Waals surface area contributed by atoms with Gasteiger partial charge in [0.05, 0.1) is 24.8 Å². The summed E-state index contributed by atoms with van der Waals surface area (Å²) in [6, 6.07) is 0. The standard InChI is InChI=1S/C9H16O.C4H8N4/c1-8(2)6-5-7-9(3)10-4;1-8-4(2-5)3-6-7-8/h6-7H,5H2,1-4H3;3H,2,5H2,1H3/b9-7+;. The zero-order valence-corrected chi connectivity index (χ0v) is 12.0. The number of hydrogen-bond donors (Lipinski definition) is 1. The van der Waals surface area contributed by atoms with Crippen LogP contribution in [0.1, 0.15) is 32.9 Å². The summed E-state index contributed by atoms with van der Waals surface area (Å²) < 4.78 is 6.62. The van der Waals surface area contributed by atoms with Crippen LogP contribution in [-0.2, 0) is 18.3 Å². The Morgan fingerprint density at radius 3 is 2.39 bits per heavy atom. The fourth-order valence-corrected chi connectivity index (χ4v) is 1.04. The maximum Gasteiger partial charge on any atom is 0.0887 e. The Hall–Kier alpha value is -1.62. The molecule has 5 nitrogen and oxygen atoms in total. The summed E-state index contributed by atoms with van der Waals surface area (Å²) in [5, 5.41) is 7.30. The Bertz CT molecular complexity index is 389. The molecule has 5 heteroatoms. The molecule has 1 rings (SSSR count). The maximum atomic E-state index is 5.29. The molecule has 2 N–H and O–H groups in total. The molecule has 0 atom stereocenters. The largest absolute Gasteiger partial charge is 0.502 e. The molecule has 0 aliphatic rings. The Balaban J connectivity index is 0.000000327. The molecular formula is C13H24N4O. The average Bonchev–Trinajstić information content (AvgIpc) is 2.74. The second-order valence-corrected chi connectivity index (χ2v) is 4.09. The van der Waals surface area contributed by atoms with Crippen LogP contribution in [-0.4, -0.2) is 22.1 Å². The number of nitrogens with two attached hydrogens (primary N) is 1. The van der Waals surface area contributed by atoms with Crippen molar-refractivity contribution >= 4 is 0 Å². The van der Waals surface area contributed by atoms with Gasteiger partial charge in [0.25, 0.3) is 0 Å². The predicted molar refractivity (Wildman–Crippen MR) is 73.7 cm³/mol. The van der Waals surface area contributed by atoms with Crippen molar-refractivity contribution in [2.45, 2.75) is 33.7 Å². The van der Waals surface area contributed by atoms with Gasteiger partial charge in [0.15, 0.2) is 0 Å². The lowest BCUT2D eigenvalue weighted by Gasteiger charge is -1.95. The van der Waals surface area contributed by atoms with Crippen LogP contribution < -0.4 is 5.73 Å². The Kier molecular flexibility index (Phi) is 8.57. The minimum absolute atomic E-state index is 0.503. The maximum absolute atomic E-state index is 5.29. The molecule has 18 heavy (non-hydrogen) atoms. The van der Waals surface area contributed by atoms with E-state index >= 15 is 0 Å². The molecule has 0 aliphatic heterocycles. The number of nitrogens with zero attached hydrogens (tertiary/aromatic N) is 3. The molecule has 1 aromatic heterocycles. The third-order valence-corrected chi connectivity index (χ3v) is 2.27. The van der Waals surface area contributed by atoms with E-state index < -0.39 is 0 Å². The summed E-state index contributed by atoms with van der Waals surface area (Å²) in [6.07, 6.45) is 6.86. The van der Waals surface area contributed by atoms with Gasteiger partial charge in [-0.1, -0.05) is 16.9 Å². The first-order valence-electron chi connectivity index (χ1n) is 5.89. The zero-order valence-electron chi connectivity index (χ0n) is 12.0. The van der Waals surface area contributed by atoms with E-state index in [-0.39, 0.29) is 0 Å². The fourth-order valence-electron chi connectivity index (χ4n) is 1.04. The van der Waals surface area contributed by atoms with Gasteiger partial charge in [0, 0.05) is 13.6 Å². The van der Waals surface area contributed by atoms with Crippen molar-refractivity contribution in [3.63, 3.8) is 0 Å². The molecule has 0 saturated heterocycles. The van der Waals surface area contributed by atoms with Crippen molar-refractivity contribution in [3.05, 3.63) is 35.4 Å². The number of methoxy groups -OCH3 is 1. The highest BCUT2D eigenvalue weighted by molar-refractivity contribution is 5.00. The summed E-state index contributed by atoms with van der Waals surface area (Å²) >= 11 is 0. The second kappa shape index (κ2) is 9.41. The van der Waals surface area contributed by atoms with Crippen molar-refractivity contribution in [3.8, 4) is 0 Å². The first kappa shape index (κ1) is 16.4. The molecule has 102 valence electrons. The molecule has 0 unspecified atom stereocenters. The monoisotopic (exact) mass is 252 g/mol. The fraction of sp³-hybridized carbons (Fsp3) is 0.538. The molecule has 0 saturated carbocycles. The minimum atomic E-state index is 0.503. The third-order valence-electron chi connectivity index (χ3n) is 2.27. The van der Waals surface area contributed by atoms with Gasteiger partial charge < -0.3 is 10.5 Å². The van der Waals surface area contributed by atoms with Gasteiger partial charge in [0.1, 0.15) is 0 Å². The zero-order chi connectivity index (χ0) is 14.0. The van der Waals surface area contributed by atoms with Gasteiger partial charge in [0.2, 0.25) is 0 Å². The lowest BCUT2D eigenvalue weighted by Crippen LogP contribution is -2.03. The SMILES string of the molecule is CO/C(C)=C/CC=C(C)C.Cn1nncc1CN. The predicted octanol–water partition coefficient (Wildman–Crippen LogP) is 2.17. The number of allylic oxidation sites excluding steroid dienone is 4. The molecule has 0 spiro atoms. The van der Waals surface area contributed by atoms with E-state index in [1.807, 2.05) is 14.0 Å². The van der Waals surface area contributed by atoms with E-state index in [9.17, 15) is 0 Å². The molecule has 0 aliphatic carbocycles. The number of rotatable bonds is 4. The van der Waals surface area contributed by atoms with Gasteiger partial charge in [-0.05, 0) is 33.3 Å². The minimum Gasteiger partial charge on any atom is -0.502 e. The molecule has 1 heterocycles. The van der Waals surface area contributed by atoms with Crippen molar-refractivity contribution < 1.29 is 4.74 Å². The van der Waals surface area contributed by atoms with Crippen LogP contribution in [0.15, 0.2) is 29.7 Å². The number of aromatic nitrogens is 3. The molecule has 0 bridgehead atoms. The summed E-state index contributed by atoms with van der Waals surface area (Å²) in [7, 11) is 3.50. The first-order chi connectivity index (χ1) is 8.51. The van der Waals surface area contributed by atoms with E-state index in [4.69, 9.17) is 10.5 Å². The summed E-state index contributed by atoms with van der Waals surface area (Å²) in [4.78, 5) is 0. The van der Waals surface area contributed by atoms with Crippen LogP contribution in [0.2, 0.25) is 0 Å². The Labute approximate surface area is 109 Å². The van der Waals surface area contributed by atoms with Crippen LogP contribution in [0.4, 0.5) is 0 Å². The highest BCUT2D eigenvalue weighted by Gasteiger charge is 1.92. The van der Waals surface area contributed by atoms with E-state index in [1.54, 1.807) is 18.0 Å². The highest BCUT2D eigenvalue weighted by atomic mass is 16.5. The van der Waals surface area contributed by atoms with Crippen molar-refractivity contribution in [1.82, 2.24) is 15.0 Å². The van der Waals surface area contributed by atoms with Crippen molar-refractivity contribution in [1.29, 1.82) is 0 Å². The number of aryl methyl sites for hydroxylation is 1. The van der Waals surface area contributed by atoms with Gasteiger partial charge in [-0.25, -0.2) is 0 Å². The van der Waals surface area contributed by atoms with Crippen LogP contribution in [0.3, 0.4) is 0 Å². The van der Waals surface area contributed by atoms with Crippen LogP contribution in [0, 0.1) is 0 Å². The molecule has 0 radical (unpaired) electrons. The Morgan fingerprint density at radius 1 is 1.39 bits per heavy atom. The summed E-state index contributed by atoms with van der Waals surface area (Å²) in [6.45, 7) is 6.65. The number of hydrogen-bond acceptors (Lipinski definition) is 4. The molecule has 0 aromatic carbocycles. The quantitative estimate of drug-likeness (QED) is 0.659. The highest BCUT2D eigenvalue weighted by Crippen LogP contribution is 1.98. The van der Waals surface area contributed by atoms with E-state index in [0.29, 0.717) is 6.54 Å². The lowest BCUT2D eigenvalue weighted by molar-refractivity contribution is 0.292.